The van der Waals surface area contributed by atoms with Crippen molar-refractivity contribution in [1.29, 1.82) is 0 Å². The Labute approximate surface area is 102 Å². The lowest BCUT2D eigenvalue weighted by atomic mass is 10.3. The molecule has 0 N–H and O–H groups in total. The van der Waals surface area contributed by atoms with Crippen molar-refractivity contribution in [1.82, 2.24) is 30.1 Å². The zero-order chi connectivity index (χ0) is 12.4. The summed E-state index contributed by atoms with van der Waals surface area (Å²) in [4.78, 5) is 8.40. The summed E-state index contributed by atoms with van der Waals surface area (Å²) in [5.74, 6) is 0.588. The number of pyridine rings is 1. The molecule has 0 radical (unpaired) electrons. The number of rotatable bonds is 3. The van der Waals surface area contributed by atoms with Crippen molar-refractivity contribution in [3.63, 3.8) is 0 Å². The number of aryl methyl sites for hydroxylation is 1. The maximum atomic E-state index is 4.64. The van der Waals surface area contributed by atoms with Gasteiger partial charge in [0.25, 0.3) is 0 Å². The second-order valence-corrected chi connectivity index (χ2v) is 3.78. The molecule has 0 spiro atoms. The van der Waals surface area contributed by atoms with Crippen molar-refractivity contribution in [3.8, 4) is 11.5 Å². The lowest BCUT2D eigenvalue weighted by Gasteiger charge is -1.95. The molecular weight excluding hydrogens is 232 g/mol. The van der Waals surface area contributed by atoms with Crippen LogP contribution in [-0.4, -0.2) is 30.1 Å². The van der Waals surface area contributed by atoms with Gasteiger partial charge in [0.05, 0.1) is 6.54 Å². The van der Waals surface area contributed by atoms with Crippen LogP contribution in [0.5, 0.6) is 0 Å². The van der Waals surface area contributed by atoms with Gasteiger partial charge in [-0.2, -0.15) is 0 Å². The molecule has 0 saturated heterocycles. The summed E-state index contributed by atoms with van der Waals surface area (Å²) < 4.78 is 6.31. The number of hydrogen-bond acceptors (Lipinski definition) is 6. The van der Waals surface area contributed by atoms with Crippen LogP contribution in [0.4, 0.5) is 0 Å². The van der Waals surface area contributed by atoms with Crippen molar-refractivity contribution >= 4 is 0 Å². The van der Waals surface area contributed by atoms with Crippen LogP contribution in [0.1, 0.15) is 11.4 Å². The van der Waals surface area contributed by atoms with Gasteiger partial charge >= 0.3 is 0 Å². The molecule has 0 unspecified atom stereocenters. The first-order valence-electron chi connectivity index (χ1n) is 5.42. The third-order valence-corrected chi connectivity index (χ3v) is 2.49. The van der Waals surface area contributed by atoms with Gasteiger partial charge < -0.3 is 0 Å². The predicted octanol–water partition coefficient (Wildman–Crippen LogP) is 1.08. The first-order chi connectivity index (χ1) is 8.83. The van der Waals surface area contributed by atoms with Crippen LogP contribution in [0.2, 0.25) is 0 Å². The molecule has 0 aliphatic rings. The highest BCUT2D eigenvalue weighted by Gasteiger charge is 2.09. The summed E-state index contributed by atoms with van der Waals surface area (Å²) in [7, 11) is 0. The Morgan fingerprint density at radius 2 is 2.17 bits per heavy atom. The third-order valence-electron chi connectivity index (χ3n) is 2.49. The van der Waals surface area contributed by atoms with Crippen molar-refractivity contribution in [3.05, 3.63) is 42.1 Å². The van der Waals surface area contributed by atoms with E-state index in [2.05, 4.69) is 30.0 Å². The van der Waals surface area contributed by atoms with Gasteiger partial charge in [-0.25, -0.2) is 14.3 Å². The third kappa shape index (κ3) is 1.97. The van der Waals surface area contributed by atoms with Gasteiger partial charge in [-0.1, -0.05) is 16.4 Å². The molecule has 0 aliphatic carbocycles. The maximum absolute atomic E-state index is 4.64. The molecule has 0 saturated carbocycles. The maximum Gasteiger partial charge on any atom is 0.199 e. The predicted molar refractivity (Wildman–Crippen MR) is 61.4 cm³/mol. The summed E-state index contributed by atoms with van der Waals surface area (Å²) in [5, 5.41) is 11.9. The molecule has 3 rings (SSSR count). The SMILES string of the molecule is Cc1nonc1Cn1cnc(-c2ccccn2)n1. The van der Waals surface area contributed by atoms with E-state index in [-0.39, 0.29) is 0 Å². The molecule has 3 aromatic heterocycles. The van der Waals surface area contributed by atoms with Gasteiger partial charge in [0.15, 0.2) is 5.82 Å². The van der Waals surface area contributed by atoms with Gasteiger partial charge in [0.1, 0.15) is 23.4 Å². The first kappa shape index (κ1) is 10.6. The van der Waals surface area contributed by atoms with Gasteiger partial charge in [0.2, 0.25) is 0 Å². The molecule has 7 nitrogen and oxygen atoms in total. The van der Waals surface area contributed by atoms with E-state index in [4.69, 9.17) is 0 Å². The van der Waals surface area contributed by atoms with E-state index in [1.54, 1.807) is 17.2 Å². The van der Waals surface area contributed by atoms with E-state index in [0.29, 0.717) is 12.4 Å². The average Bonchev–Trinajstić information content (AvgIpc) is 3.02. The quantitative estimate of drug-likeness (QED) is 0.683. The second-order valence-electron chi connectivity index (χ2n) is 3.78. The minimum atomic E-state index is 0.481. The minimum Gasteiger partial charge on any atom is -0.253 e. The van der Waals surface area contributed by atoms with Crippen molar-refractivity contribution in [2.45, 2.75) is 13.5 Å². The Hall–Kier alpha value is -2.57. The average molecular weight is 242 g/mol. The zero-order valence-corrected chi connectivity index (χ0v) is 9.69. The monoisotopic (exact) mass is 242 g/mol. The van der Waals surface area contributed by atoms with Crippen LogP contribution < -0.4 is 0 Å². The first-order valence-corrected chi connectivity index (χ1v) is 5.42. The normalized spacial score (nSPS) is 10.7. The van der Waals surface area contributed by atoms with E-state index < -0.39 is 0 Å². The standard InChI is InChI=1S/C11H10N6O/c1-8-10(16-18-15-8)6-17-7-13-11(14-17)9-4-2-3-5-12-9/h2-5,7H,6H2,1H3. The number of hydrogen-bond donors (Lipinski definition) is 0. The van der Waals surface area contributed by atoms with Crippen LogP contribution in [0.3, 0.4) is 0 Å². The van der Waals surface area contributed by atoms with Gasteiger partial charge in [-0.05, 0) is 19.1 Å². The summed E-state index contributed by atoms with van der Waals surface area (Å²) in [5.41, 5.74) is 2.24. The van der Waals surface area contributed by atoms with E-state index in [1.807, 2.05) is 25.1 Å². The van der Waals surface area contributed by atoms with Crippen molar-refractivity contribution in [2.75, 3.05) is 0 Å². The molecule has 18 heavy (non-hydrogen) atoms. The fourth-order valence-corrected chi connectivity index (χ4v) is 1.53. The topological polar surface area (TPSA) is 82.5 Å². The Bertz CT molecular complexity index is 644. The van der Waals surface area contributed by atoms with Crippen LogP contribution >= 0.6 is 0 Å². The Morgan fingerprint density at radius 3 is 2.89 bits per heavy atom. The van der Waals surface area contributed by atoms with E-state index in [9.17, 15) is 0 Å². The van der Waals surface area contributed by atoms with Crippen LogP contribution in [-0.2, 0) is 6.54 Å². The molecule has 0 fully saturated rings. The van der Waals surface area contributed by atoms with Gasteiger partial charge in [-0.3, -0.25) is 4.98 Å². The molecule has 0 aliphatic heterocycles. The molecule has 0 bridgehead atoms. The zero-order valence-electron chi connectivity index (χ0n) is 9.69. The van der Waals surface area contributed by atoms with Crippen molar-refractivity contribution < 1.29 is 4.63 Å². The molecule has 3 aromatic rings. The fraction of sp³-hybridized carbons (Fsp3) is 0.182. The van der Waals surface area contributed by atoms with Crippen LogP contribution in [0.15, 0.2) is 35.4 Å². The summed E-state index contributed by atoms with van der Waals surface area (Å²) in [6.45, 7) is 2.32. The molecule has 0 amide bonds. The summed E-state index contributed by atoms with van der Waals surface area (Å²) in [6.07, 6.45) is 3.35. The Balaban J connectivity index is 1.84. The fourth-order valence-electron chi connectivity index (χ4n) is 1.53. The molecule has 0 aromatic carbocycles. The van der Waals surface area contributed by atoms with Crippen LogP contribution in [0.25, 0.3) is 11.5 Å². The van der Waals surface area contributed by atoms with E-state index in [1.165, 1.54) is 0 Å². The summed E-state index contributed by atoms with van der Waals surface area (Å²) >= 11 is 0. The lowest BCUT2D eigenvalue weighted by molar-refractivity contribution is 0.300. The molecular formula is C11H10N6O. The highest BCUT2D eigenvalue weighted by molar-refractivity contribution is 5.46. The molecule has 90 valence electrons. The molecule has 7 heteroatoms. The number of nitrogens with zero attached hydrogens (tertiary/aromatic N) is 6. The highest BCUT2D eigenvalue weighted by atomic mass is 16.6. The van der Waals surface area contributed by atoms with Gasteiger partial charge in [-0.15, -0.1) is 5.10 Å². The lowest BCUT2D eigenvalue weighted by Crippen LogP contribution is -2.02. The second kappa shape index (κ2) is 4.36. The summed E-state index contributed by atoms with van der Waals surface area (Å²) in [6, 6.07) is 5.61. The Morgan fingerprint density at radius 1 is 1.22 bits per heavy atom. The molecule has 3 heterocycles. The molecule has 0 atom stereocenters. The number of aromatic nitrogens is 6. The van der Waals surface area contributed by atoms with Gasteiger partial charge in [0, 0.05) is 6.20 Å². The van der Waals surface area contributed by atoms with E-state index >= 15 is 0 Å². The Kier molecular flexibility index (Phi) is 2.56. The van der Waals surface area contributed by atoms with E-state index in [0.717, 1.165) is 17.1 Å². The smallest absolute Gasteiger partial charge is 0.199 e. The van der Waals surface area contributed by atoms with Crippen molar-refractivity contribution in [2.24, 2.45) is 0 Å². The largest absolute Gasteiger partial charge is 0.253 e. The highest BCUT2D eigenvalue weighted by Crippen LogP contribution is 2.10. The minimum absolute atomic E-state index is 0.481. The van der Waals surface area contributed by atoms with Crippen LogP contribution in [0, 0.1) is 6.92 Å².